The highest BCUT2D eigenvalue weighted by Crippen LogP contribution is 2.30. The third-order valence-electron chi connectivity index (χ3n) is 8.33. The number of likely N-dealkylation sites (tertiary alicyclic amines) is 1. The van der Waals surface area contributed by atoms with Gasteiger partial charge in [0.2, 0.25) is 5.91 Å². The third kappa shape index (κ3) is 6.69. The first-order valence-electron chi connectivity index (χ1n) is 14.7. The summed E-state index contributed by atoms with van der Waals surface area (Å²) in [6.07, 6.45) is 8.02. The standard InChI is InChI=1S/C31H41N5O4/c1-40-26-13-10-24(11-14-26)33-31(39)36-19-7-18-34(20-21-36)28-15-12-25(32-29(37)23-8-3-4-9-23)22-27(28)30(38)35-16-5-2-6-17-35/h10-15,22-23H,2-9,16-21H2,1H3,(H,32,37)(H,33,39). The van der Waals surface area contributed by atoms with E-state index in [4.69, 9.17) is 4.74 Å². The highest BCUT2D eigenvalue weighted by Gasteiger charge is 2.27. The Hall–Kier alpha value is -3.75. The number of benzene rings is 2. The molecule has 2 aromatic rings. The first kappa shape index (κ1) is 27.8. The molecular weight excluding hydrogens is 506 g/mol. The van der Waals surface area contributed by atoms with Crippen molar-refractivity contribution >= 4 is 34.9 Å². The summed E-state index contributed by atoms with van der Waals surface area (Å²) in [6.45, 7) is 4.04. The molecule has 0 bridgehead atoms. The third-order valence-corrected chi connectivity index (χ3v) is 8.33. The Bertz CT molecular complexity index is 1190. The van der Waals surface area contributed by atoms with Gasteiger partial charge in [0.15, 0.2) is 0 Å². The molecule has 1 aliphatic carbocycles. The molecule has 2 saturated heterocycles. The quantitative estimate of drug-likeness (QED) is 0.519. The molecule has 0 unspecified atom stereocenters. The van der Waals surface area contributed by atoms with Gasteiger partial charge in [0.05, 0.1) is 12.7 Å². The zero-order valence-electron chi connectivity index (χ0n) is 23.5. The highest BCUT2D eigenvalue weighted by atomic mass is 16.5. The van der Waals surface area contributed by atoms with Gasteiger partial charge < -0.3 is 30.1 Å². The summed E-state index contributed by atoms with van der Waals surface area (Å²) < 4.78 is 5.20. The smallest absolute Gasteiger partial charge is 0.321 e. The van der Waals surface area contributed by atoms with E-state index >= 15 is 0 Å². The fourth-order valence-electron chi connectivity index (χ4n) is 6.00. The van der Waals surface area contributed by atoms with Crippen molar-refractivity contribution in [3.05, 3.63) is 48.0 Å². The molecule has 2 aliphatic heterocycles. The van der Waals surface area contributed by atoms with Crippen LogP contribution in [0, 0.1) is 5.92 Å². The van der Waals surface area contributed by atoms with Crippen molar-refractivity contribution in [2.24, 2.45) is 5.92 Å². The first-order chi connectivity index (χ1) is 19.5. The molecule has 3 fully saturated rings. The number of amides is 4. The first-order valence-corrected chi connectivity index (χ1v) is 14.7. The normalized spacial score (nSPS) is 18.3. The van der Waals surface area contributed by atoms with Gasteiger partial charge in [-0.15, -0.1) is 0 Å². The Morgan fingerprint density at radius 2 is 1.43 bits per heavy atom. The average molecular weight is 548 g/mol. The summed E-state index contributed by atoms with van der Waals surface area (Å²) in [7, 11) is 1.61. The van der Waals surface area contributed by atoms with Crippen LogP contribution in [-0.2, 0) is 4.79 Å². The lowest BCUT2D eigenvalue weighted by Crippen LogP contribution is -2.39. The molecule has 0 atom stereocenters. The van der Waals surface area contributed by atoms with Crippen LogP contribution < -0.4 is 20.3 Å². The van der Waals surface area contributed by atoms with Crippen LogP contribution in [0.4, 0.5) is 21.9 Å². The minimum Gasteiger partial charge on any atom is -0.497 e. The molecular formula is C31H41N5O4. The van der Waals surface area contributed by atoms with E-state index in [1.165, 1.54) is 0 Å². The van der Waals surface area contributed by atoms with Crippen molar-refractivity contribution < 1.29 is 19.1 Å². The van der Waals surface area contributed by atoms with Crippen molar-refractivity contribution in [1.29, 1.82) is 0 Å². The number of carbonyl (C=O) groups is 3. The van der Waals surface area contributed by atoms with Crippen LogP contribution in [-0.4, -0.2) is 74.0 Å². The van der Waals surface area contributed by atoms with Crippen LogP contribution in [0.3, 0.4) is 0 Å². The molecule has 9 nitrogen and oxygen atoms in total. The number of methoxy groups -OCH3 is 1. The van der Waals surface area contributed by atoms with Gasteiger partial charge >= 0.3 is 6.03 Å². The molecule has 1 saturated carbocycles. The number of nitrogens with one attached hydrogen (secondary N) is 2. The summed E-state index contributed by atoms with van der Waals surface area (Å²) in [5, 5.41) is 6.06. The SMILES string of the molecule is COc1ccc(NC(=O)N2CCCN(c3ccc(NC(=O)C4CCCC4)cc3C(=O)N3CCCCC3)CC2)cc1. The fourth-order valence-corrected chi connectivity index (χ4v) is 6.00. The Morgan fingerprint density at radius 3 is 2.15 bits per heavy atom. The molecule has 0 spiro atoms. The number of carbonyl (C=O) groups excluding carboxylic acids is 3. The molecule has 2 aromatic carbocycles. The minimum atomic E-state index is -0.137. The molecule has 0 aromatic heterocycles. The lowest BCUT2D eigenvalue weighted by molar-refractivity contribution is -0.119. The number of hydrogen-bond donors (Lipinski definition) is 2. The maximum atomic E-state index is 13.8. The van der Waals surface area contributed by atoms with E-state index in [0.717, 1.165) is 88.1 Å². The second-order valence-corrected chi connectivity index (χ2v) is 11.0. The van der Waals surface area contributed by atoms with Crippen molar-refractivity contribution in [3.63, 3.8) is 0 Å². The number of anilines is 3. The lowest BCUT2D eigenvalue weighted by Gasteiger charge is -2.30. The number of rotatable bonds is 6. The van der Waals surface area contributed by atoms with Gasteiger partial charge in [0, 0.05) is 62.2 Å². The van der Waals surface area contributed by atoms with Crippen LogP contribution in [0.5, 0.6) is 5.75 Å². The van der Waals surface area contributed by atoms with Gasteiger partial charge in [0.1, 0.15) is 5.75 Å². The summed E-state index contributed by atoms with van der Waals surface area (Å²) in [5.41, 5.74) is 2.89. The average Bonchev–Trinajstić information content (AvgIpc) is 3.43. The van der Waals surface area contributed by atoms with E-state index in [1.807, 2.05) is 52.3 Å². The zero-order chi connectivity index (χ0) is 27.9. The van der Waals surface area contributed by atoms with Gasteiger partial charge in [-0.05, 0) is 81.0 Å². The Labute approximate surface area is 236 Å². The number of ether oxygens (including phenoxy) is 1. The van der Waals surface area contributed by atoms with Gasteiger partial charge in [-0.3, -0.25) is 9.59 Å². The fraction of sp³-hybridized carbons (Fsp3) is 0.516. The highest BCUT2D eigenvalue weighted by molar-refractivity contribution is 6.02. The van der Waals surface area contributed by atoms with Gasteiger partial charge in [-0.1, -0.05) is 12.8 Å². The van der Waals surface area contributed by atoms with Crippen LogP contribution in [0.1, 0.15) is 61.7 Å². The van der Waals surface area contributed by atoms with Gasteiger partial charge in [-0.2, -0.15) is 0 Å². The zero-order valence-corrected chi connectivity index (χ0v) is 23.5. The van der Waals surface area contributed by atoms with Crippen LogP contribution >= 0.6 is 0 Å². The second-order valence-electron chi connectivity index (χ2n) is 11.0. The summed E-state index contributed by atoms with van der Waals surface area (Å²) in [6, 6.07) is 12.9. The van der Waals surface area contributed by atoms with Crippen molar-refractivity contribution in [3.8, 4) is 5.75 Å². The predicted molar refractivity (Wildman–Crippen MR) is 157 cm³/mol. The second kappa shape index (κ2) is 13.1. The summed E-state index contributed by atoms with van der Waals surface area (Å²) in [4.78, 5) is 45.6. The molecule has 3 aliphatic rings. The number of piperidine rings is 1. The largest absolute Gasteiger partial charge is 0.497 e. The number of hydrogen-bond acceptors (Lipinski definition) is 5. The molecule has 214 valence electrons. The molecule has 40 heavy (non-hydrogen) atoms. The van der Waals surface area contributed by atoms with Crippen LogP contribution in [0.15, 0.2) is 42.5 Å². The van der Waals surface area contributed by atoms with Crippen LogP contribution in [0.25, 0.3) is 0 Å². The maximum absolute atomic E-state index is 13.8. The van der Waals surface area contributed by atoms with E-state index in [0.29, 0.717) is 30.9 Å². The molecule has 5 rings (SSSR count). The molecule has 0 radical (unpaired) electrons. The van der Waals surface area contributed by atoms with Crippen molar-refractivity contribution in [1.82, 2.24) is 9.80 Å². The molecule has 2 N–H and O–H groups in total. The molecule has 4 amide bonds. The Morgan fingerprint density at radius 1 is 0.725 bits per heavy atom. The summed E-state index contributed by atoms with van der Waals surface area (Å²) >= 11 is 0. The number of urea groups is 1. The van der Waals surface area contributed by atoms with Crippen molar-refractivity contribution in [2.45, 2.75) is 51.4 Å². The van der Waals surface area contributed by atoms with Gasteiger partial charge in [-0.25, -0.2) is 4.79 Å². The van der Waals surface area contributed by atoms with Gasteiger partial charge in [0.25, 0.3) is 5.91 Å². The monoisotopic (exact) mass is 547 g/mol. The predicted octanol–water partition coefficient (Wildman–Crippen LogP) is 5.19. The lowest BCUT2D eigenvalue weighted by atomic mass is 10.0. The topological polar surface area (TPSA) is 94.2 Å². The van der Waals surface area contributed by atoms with E-state index in [9.17, 15) is 14.4 Å². The van der Waals surface area contributed by atoms with Crippen molar-refractivity contribution in [2.75, 3.05) is 61.9 Å². The summed E-state index contributed by atoms with van der Waals surface area (Å²) in [5.74, 6) is 0.865. The van der Waals surface area contributed by atoms with E-state index in [-0.39, 0.29) is 23.8 Å². The number of nitrogens with zero attached hydrogens (tertiary/aromatic N) is 3. The Kier molecular flexibility index (Phi) is 9.08. The van der Waals surface area contributed by atoms with E-state index < -0.39 is 0 Å². The molecule has 2 heterocycles. The Balaban J connectivity index is 1.30. The molecule has 9 heteroatoms. The van der Waals surface area contributed by atoms with Crippen LogP contribution in [0.2, 0.25) is 0 Å². The van der Waals surface area contributed by atoms with E-state index in [1.54, 1.807) is 7.11 Å². The minimum absolute atomic E-state index is 0.0185. The maximum Gasteiger partial charge on any atom is 0.321 e. The van der Waals surface area contributed by atoms with E-state index in [2.05, 4.69) is 15.5 Å².